The van der Waals surface area contributed by atoms with Gasteiger partial charge in [0.15, 0.2) is 0 Å². The molecule has 1 aromatic carbocycles. The second kappa shape index (κ2) is 7.27. The molecule has 21 heavy (non-hydrogen) atoms. The van der Waals surface area contributed by atoms with E-state index in [9.17, 15) is 4.79 Å². The molecule has 0 fully saturated rings. The number of hydrogen-bond acceptors (Lipinski definition) is 3. The Morgan fingerprint density at radius 2 is 2.00 bits per heavy atom. The monoisotopic (exact) mass is 288 g/mol. The summed E-state index contributed by atoms with van der Waals surface area (Å²) >= 11 is 0. The van der Waals surface area contributed by atoms with Crippen LogP contribution in [0, 0.1) is 0 Å². The molecule has 0 saturated heterocycles. The van der Waals surface area contributed by atoms with Gasteiger partial charge in [0.1, 0.15) is 11.3 Å². The van der Waals surface area contributed by atoms with Gasteiger partial charge in [0.2, 0.25) is 5.91 Å². The van der Waals surface area contributed by atoms with E-state index in [0.29, 0.717) is 12.5 Å². The van der Waals surface area contributed by atoms with Crippen molar-refractivity contribution in [3.05, 3.63) is 36.1 Å². The Bertz CT molecular complexity index is 556. The van der Waals surface area contributed by atoms with Crippen molar-refractivity contribution >= 4 is 16.9 Å². The number of carbonyl (C=O) groups excluding carboxylic acids is 1. The molecule has 4 nitrogen and oxygen atoms in total. The second-order valence-corrected chi connectivity index (χ2v) is 5.69. The van der Waals surface area contributed by atoms with Crippen molar-refractivity contribution in [2.45, 2.75) is 45.7 Å². The van der Waals surface area contributed by atoms with Crippen molar-refractivity contribution < 1.29 is 9.21 Å². The topological polar surface area (TPSA) is 54.3 Å². The Morgan fingerprint density at radius 3 is 2.71 bits per heavy atom. The molecule has 0 aliphatic rings. The molecule has 114 valence electrons. The molecular weight excluding hydrogens is 264 g/mol. The number of para-hydroxylation sites is 1. The Hall–Kier alpha value is -1.81. The predicted octanol–water partition coefficient (Wildman–Crippen LogP) is 3.39. The van der Waals surface area contributed by atoms with Gasteiger partial charge in [-0.15, -0.1) is 0 Å². The Morgan fingerprint density at radius 1 is 1.24 bits per heavy atom. The zero-order valence-corrected chi connectivity index (χ0v) is 13.0. The number of amides is 1. The first-order valence-corrected chi connectivity index (χ1v) is 7.57. The first-order valence-electron chi connectivity index (χ1n) is 7.57. The van der Waals surface area contributed by atoms with E-state index in [1.54, 1.807) is 0 Å². The molecule has 1 aromatic heterocycles. The van der Waals surface area contributed by atoms with Gasteiger partial charge in [0, 0.05) is 17.8 Å². The van der Waals surface area contributed by atoms with Crippen molar-refractivity contribution in [1.82, 2.24) is 10.6 Å². The second-order valence-electron chi connectivity index (χ2n) is 5.69. The molecule has 1 atom stereocenters. The highest BCUT2D eigenvalue weighted by Crippen LogP contribution is 2.23. The molecule has 1 unspecified atom stereocenters. The zero-order valence-electron chi connectivity index (χ0n) is 13.0. The van der Waals surface area contributed by atoms with E-state index >= 15 is 0 Å². The maximum absolute atomic E-state index is 11.9. The first-order chi connectivity index (χ1) is 10.1. The summed E-state index contributed by atoms with van der Waals surface area (Å²) in [5, 5.41) is 7.35. The van der Waals surface area contributed by atoms with E-state index in [-0.39, 0.29) is 11.9 Å². The average molecular weight is 288 g/mol. The van der Waals surface area contributed by atoms with Crippen LogP contribution in [0.5, 0.6) is 0 Å². The normalized spacial score (nSPS) is 12.8. The third-order valence-corrected chi connectivity index (χ3v) is 3.38. The molecule has 0 radical (unpaired) electrons. The van der Waals surface area contributed by atoms with Crippen LogP contribution < -0.4 is 10.6 Å². The minimum atomic E-state index is -0.108. The Labute approximate surface area is 125 Å². The summed E-state index contributed by atoms with van der Waals surface area (Å²) in [6, 6.07) is 10.2. The summed E-state index contributed by atoms with van der Waals surface area (Å²) in [5.74, 6) is 0.860. The summed E-state index contributed by atoms with van der Waals surface area (Å²) in [4.78, 5) is 11.9. The van der Waals surface area contributed by atoms with E-state index in [2.05, 4.69) is 24.5 Å². The van der Waals surface area contributed by atoms with Crippen molar-refractivity contribution in [1.29, 1.82) is 0 Å². The van der Waals surface area contributed by atoms with Crippen molar-refractivity contribution in [2.24, 2.45) is 0 Å². The minimum absolute atomic E-state index is 0.0634. The highest BCUT2D eigenvalue weighted by Gasteiger charge is 2.13. The fourth-order valence-corrected chi connectivity index (χ4v) is 2.24. The molecule has 0 saturated carbocycles. The summed E-state index contributed by atoms with van der Waals surface area (Å²) in [7, 11) is 0. The lowest BCUT2D eigenvalue weighted by Crippen LogP contribution is -2.28. The fourth-order valence-electron chi connectivity index (χ4n) is 2.24. The van der Waals surface area contributed by atoms with Gasteiger partial charge in [-0.25, -0.2) is 0 Å². The van der Waals surface area contributed by atoms with Gasteiger partial charge in [-0.3, -0.25) is 4.79 Å². The number of fused-ring (bicyclic) bond motifs is 1. The predicted molar refractivity (Wildman–Crippen MR) is 85.1 cm³/mol. The van der Waals surface area contributed by atoms with Crippen LogP contribution in [0.4, 0.5) is 0 Å². The van der Waals surface area contributed by atoms with Crippen LogP contribution in [-0.4, -0.2) is 18.5 Å². The van der Waals surface area contributed by atoms with Crippen LogP contribution >= 0.6 is 0 Å². The molecule has 0 bridgehead atoms. The standard InChI is InChI=1S/C17H24N2O2/c1-12(2)18-10-6-9-17(20)19-13(3)16-11-14-7-4-5-8-15(14)21-16/h4-5,7-8,11-13,18H,6,9-10H2,1-3H3,(H,19,20). The van der Waals surface area contributed by atoms with Crippen molar-refractivity contribution in [3.8, 4) is 0 Å². The SMILES string of the molecule is CC(C)NCCCC(=O)NC(C)c1cc2ccccc2o1. The van der Waals surface area contributed by atoms with E-state index in [1.165, 1.54) is 0 Å². The average Bonchev–Trinajstić information content (AvgIpc) is 2.87. The summed E-state index contributed by atoms with van der Waals surface area (Å²) in [5.41, 5.74) is 0.856. The van der Waals surface area contributed by atoms with Crippen molar-refractivity contribution in [2.75, 3.05) is 6.54 Å². The van der Waals surface area contributed by atoms with Gasteiger partial charge >= 0.3 is 0 Å². The summed E-state index contributed by atoms with van der Waals surface area (Å²) in [6.07, 6.45) is 1.38. The molecule has 0 aliphatic heterocycles. The summed E-state index contributed by atoms with van der Waals surface area (Å²) in [6.45, 7) is 7.01. The zero-order chi connectivity index (χ0) is 15.2. The molecule has 0 aliphatic carbocycles. The van der Waals surface area contributed by atoms with E-state index in [4.69, 9.17) is 4.42 Å². The van der Waals surface area contributed by atoms with Crippen LogP contribution in [0.2, 0.25) is 0 Å². The maximum atomic E-state index is 11.9. The van der Waals surface area contributed by atoms with Crippen molar-refractivity contribution in [3.63, 3.8) is 0 Å². The fraction of sp³-hybridized carbons (Fsp3) is 0.471. The van der Waals surface area contributed by atoms with Gasteiger partial charge in [-0.2, -0.15) is 0 Å². The van der Waals surface area contributed by atoms with Gasteiger partial charge in [0.25, 0.3) is 0 Å². The number of hydrogen-bond donors (Lipinski definition) is 2. The lowest BCUT2D eigenvalue weighted by atomic mass is 10.2. The third kappa shape index (κ3) is 4.60. The number of furan rings is 1. The number of rotatable bonds is 7. The smallest absolute Gasteiger partial charge is 0.220 e. The van der Waals surface area contributed by atoms with Crippen LogP contribution in [0.1, 0.15) is 45.4 Å². The Kier molecular flexibility index (Phi) is 5.39. The summed E-state index contributed by atoms with van der Waals surface area (Å²) < 4.78 is 5.76. The van der Waals surface area contributed by atoms with Gasteiger partial charge < -0.3 is 15.1 Å². The maximum Gasteiger partial charge on any atom is 0.220 e. The van der Waals surface area contributed by atoms with Crippen LogP contribution in [0.15, 0.2) is 34.7 Å². The van der Waals surface area contributed by atoms with Crippen LogP contribution in [0.25, 0.3) is 11.0 Å². The van der Waals surface area contributed by atoms with Crippen LogP contribution in [-0.2, 0) is 4.79 Å². The number of benzene rings is 1. The quantitative estimate of drug-likeness (QED) is 0.768. The minimum Gasteiger partial charge on any atom is -0.459 e. The van der Waals surface area contributed by atoms with Crippen LogP contribution in [0.3, 0.4) is 0 Å². The largest absolute Gasteiger partial charge is 0.459 e. The molecule has 1 amide bonds. The Balaban J connectivity index is 1.83. The van der Waals surface area contributed by atoms with E-state index in [0.717, 1.165) is 29.7 Å². The lowest BCUT2D eigenvalue weighted by Gasteiger charge is -2.12. The third-order valence-electron chi connectivity index (χ3n) is 3.38. The van der Waals surface area contributed by atoms with E-state index < -0.39 is 0 Å². The molecule has 2 aromatic rings. The first kappa shape index (κ1) is 15.6. The van der Waals surface area contributed by atoms with E-state index in [1.807, 2.05) is 37.3 Å². The molecule has 2 rings (SSSR count). The lowest BCUT2D eigenvalue weighted by molar-refractivity contribution is -0.121. The van der Waals surface area contributed by atoms with Gasteiger partial charge in [-0.1, -0.05) is 32.0 Å². The highest BCUT2D eigenvalue weighted by molar-refractivity contribution is 5.79. The number of nitrogens with one attached hydrogen (secondary N) is 2. The number of carbonyl (C=O) groups is 1. The molecule has 1 heterocycles. The molecule has 2 N–H and O–H groups in total. The van der Waals surface area contributed by atoms with Gasteiger partial charge in [0.05, 0.1) is 6.04 Å². The van der Waals surface area contributed by atoms with Gasteiger partial charge in [-0.05, 0) is 32.0 Å². The molecule has 4 heteroatoms. The molecule has 0 spiro atoms. The highest BCUT2D eigenvalue weighted by atomic mass is 16.3. The molecular formula is C17H24N2O2.